The number of carbonyl (C=O) groups excluding carboxylic acids is 2. The number of fused-ring (bicyclic) bond motifs is 2. The van der Waals surface area contributed by atoms with Gasteiger partial charge >= 0.3 is 0 Å². The van der Waals surface area contributed by atoms with Gasteiger partial charge in [0.15, 0.2) is 0 Å². The van der Waals surface area contributed by atoms with Crippen LogP contribution < -0.4 is 5.32 Å². The van der Waals surface area contributed by atoms with Crippen LogP contribution in [0.15, 0.2) is 0 Å². The lowest BCUT2D eigenvalue weighted by Crippen LogP contribution is -2.55. The zero-order chi connectivity index (χ0) is 16.7. The Morgan fingerprint density at radius 2 is 1.79 bits per heavy atom. The summed E-state index contributed by atoms with van der Waals surface area (Å²) in [5.74, 6) is 2.89. The average molecular weight is 333 g/mol. The Labute approximate surface area is 145 Å². The molecule has 4 fully saturated rings. The maximum Gasteiger partial charge on any atom is 0.237 e. The summed E-state index contributed by atoms with van der Waals surface area (Å²) in [6, 6.07) is 0.345. The predicted octanol–water partition coefficient (Wildman–Crippen LogP) is 1.62. The Balaban J connectivity index is 1.22. The minimum Gasteiger partial charge on any atom is -0.352 e. The van der Waals surface area contributed by atoms with Gasteiger partial charge in [0.25, 0.3) is 0 Å². The molecule has 5 heteroatoms. The first-order valence-electron chi connectivity index (χ1n) is 9.92. The van der Waals surface area contributed by atoms with E-state index in [1.807, 2.05) is 11.8 Å². The summed E-state index contributed by atoms with van der Waals surface area (Å²) < 4.78 is 0. The van der Waals surface area contributed by atoms with Crippen molar-refractivity contribution >= 4 is 11.8 Å². The predicted molar refractivity (Wildman–Crippen MR) is 92.3 cm³/mol. The number of nitrogens with zero attached hydrogens (tertiary/aromatic N) is 2. The van der Waals surface area contributed by atoms with Crippen LogP contribution in [-0.4, -0.2) is 59.9 Å². The van der Waals surface area contributed by atoms with E-state index >= 15 is 0 Å². The maximum atomic E-state index is 12.6. The number of hydrogen-bond acceptors (Lipinski definition) is 3. The second-order valence-electron chi connectivity index (χ2n) is 8.51. The summed E-state index contributed by atoms with van der Waals surface area (Å²) >= 11 is 0. The molecular formula is C19H31N3O2. The molecule has 2 bridgehead atoms. The lowest BCUT2D eigenvalue weighted by atomic mass is 9.86. The molecule has 0 spiro atoms. The molecule has 1 aliphatic heterocycles. The summed E-state index contributed by atoms with van der Waals surface area (Å²) in [7, 11) is 0. The monoisotopic (exact) mass is 333 g/mol. The van der Waals surface area contributed by atoms with Crippen molar-refractivity contribution in [3.05, 3.63) is 0 Å². The average Bonchev–Trinajstić information content (AvgIpc) is 3.16. The van der Waals surface area contributed by atoms with Gasteiger partial charge in [0.05, 0.1) is 6.04 Å². The van der Waals surface area contributed by atoms with Gasteiger partial charge in [0, 0.05) is 38.6 Å². The Morgan fingerprint density at radius 3 is 2.38 bits per heavy atom. The molecule has 0 aromatic carbocycles. The van der Waals surface area contributed by atoms with Crippen LogP contribution in [0.4, 0.5) is 0 Å². The lowest BCUT2D eigenvalue weighted by molar-refractivity contribution is -0.135. The van der Waals surface area contributed by atoms with E-state index < -0.39 is 0 Å². The van der Waals surface area contributed by atoms with Gasteiger partial charge in [-0.15, -0.1) is 0 Å². The molecule has 134 valence electrons. The van der Waals surface area contributed by atoms with Crippen LogP contribution in [0, 0.1) is 17.8 Å². The molecule has 2 amide bonds. The quantitative estimate of drug-likeness (QED) is 0.832. The van der Waals surface area contributed by atoms with Crippen molar-refractivity contribution in [2.75, 3.05) is 26.2 Å². The molecule has 1 N–H and O–H groups in total. The third-order valence-electron chi connectivity index (χ3n) is 6.84. The van der Waals surface area contributed by atoms with Crippen LogP contribution in [0.3, 0.4) is 0 Å². The third-order valence-corrected chi connectivity index (χ3v) is 6.84. The van der Waals surface area contributed by atoms with Crippen molar-refractivity contribution in [2.45, 2.75) is 64.0 Å². The number of carbonyl (C=O) groups is 2. The first kappa shape index (κ1) is 16.4. The number of amides is 2. The lowest BCUT2D eigenvalue weighted by Gasteiger charge is -2.38. The summed E-state index contributed by atoms with van der Waals surface area (Å²) in [6.07, 6.45) is 8.43. The molecule has 1 heterocycles. The molecule has 5 nitrogen and oxygen atoms in total. The van der Waals surface area contributed by atoms with Crippen molar-refractivity contribution in [1.29, 1.82) is 0 Å². The van der Waals surface area contributed by atoms with E-state index in [1.54, 1.807) is 0 Å². The molecular weight excluding hydrogens is 302 g/mol. The largest absolute Gasteiger partial charge is 0.352 e. The molecule has 0 radical (unpaired) electrons. The summed E-state index contributed by atoms with van der Waals surface area (Å²) in [5, 5.41) is 3.09. The van der Waals surface area contributed by atoms with Gasteiger partial charge in [0.1, 0.15) is 0 Å². The van der Waals surface area contributed by atoms with E-state index in [0.29, 0.717) is 17.9 Å². The van der Waals surface area contributed by atoms with Gasteiger partial charge < -0.3 is 10.2 Å². The fourth-order valence-corrected chi connectivity index (χ4v) is 5.05. The van der Waals surface area contributed by atoms with Crippen LogP contribution in [-0.2, 0) is 9.59 Å². The normalized spacial score (nSPS) is 34.4. The number of rotatable bonds is 5. The number of nitrogens with one attached hydrogen (secondary N) is 1. The van der Waals surface area contributed by atoms with Gasteiger partial charge in [-0.05, 0) is 56.8 Å². The second kappa shape index (κ2) is 6.66. The van der Waals surface area contributed by atoms with Gasteiger partial charge in [-0.2, -0.15) is 0 Å². The van der Waals surface area contributed by atoms with Crippen molar-refractivity contribution in [3.63, 3.8) is 0 Å². The minimum absolute atomic E-state index is 0.0755. The topological polar surface area (TPSA) is 52.7 Å². The van der Waals surface area contributed by atoms with Crippen molar-refractivity contribution in [1.82, 2.24) is 15.1 Å². The smallest absolute Gasteiger partial charge is 0.237 e. The third kappa shape index (κ3) is 3.46. The van der Waals surface area contributed by atoms with Gasteiger partial charge in [-0.25, -0.2) is 0 Å². The summed E-state index contributed by atoms with van der Waals surface area (Å²) in [4.78, 5) is 29.1. The molecule has 0 aromatic heterocycles. The molecule has 3 aliphatic carbocycles. The fourth-order valence-electron chi connectivity index (χ4n) is 5.05. The van der Waals surface area contributed by atoms with Crippen molar-refractivity contribution in [3.8, 4) is 0 Å². The first-order chi connectivity index (χ1) is 11.6. The zero-order valence-electron chi connectivity index (χ0n) is 14.9. The molecule has 4 unspecified atom stereocenters. The molecule has 4 aliphatic rings. The maximum absolute atomic E-state index is 12.6. The molecule has 0 aromatic rings. The second-order valence-corrected chi connectivity index (χ2v) is 8.51. The van der Waals surface area contributed by atoms with E-state index in [2.05, 4.69) is 10.2 Å². The molecule has 24 heavy (non-hydrogen) atoms. The SMILES string of the molecule is CC(C(=O)NC1CC1)N1CCN(C(=O)CC2CC3CCC2C3)CC1. The highest BCUT2D eigenvalue weighted by atomic mass is 16.2. The standard InChI is InChI=1S/C19H31N3O2/c1-13(19(24)20-17-4-5-17)21-6-8-22(9-7-21)18(23)12-16-11-14-2-3-15(16)10-14/h13-17H,2-12H2,1H3,(H,20,24). The van der Waals surface area contributed by atoms with Crippen LogP contribution >= 0.6 is 0 Å². The molecule has 4 rings (SSSR count). The van der Waals surface area contributed by atoms with Crippen molar-refractivity contribution in [2.24, 2.45) is 17.8 Å². The summed E-state index contributed by atoms with van der Waals surface area (Å²) in [5.41, 5.74) is 0. The van der Waals surface area contributed by atoms with Gasteiger partial charge in [-0.3, -0.25) is 14.5 Å². The minimum atomic E-state index is -0.0755. The highest BCUT2D eigenvalue weighted by molar-refractivity contribution is 5.82. The van der Waals surface area contributed by atoms with Crippen LogP contribution in [0.5, 0.6) is 0 Å². The highest BCUT2D eigenvalue weighted by Crippen LogP contribution is 2.49. The summed E-state index contributed by atoms with van der Waals surface area (Å²) in [6.45, 7) is 5.19. The van der Waals surface area contributed by atoms with Gasteiger partial charge in [-0.1, -0.05) is 6.42 Å². The molecule has 1 saturated heterocycles. The fraction of sp³-hybridized carbons (Fsp3) is 0.895. The Kier molecular flexibility index (Phi) is 4.54. The molecule has 3 saturated carbocycles. The van der Waals surface area contributed by atoms with E-state index in [-0.39, 0.29) is 11.9 Å². The van der Waals surface area contributed by atoms with E-state index in [4.69, 9.17) is 0 Å². The Hall–Kier alpha value is -1.10. The number of piperazine rings is 1. The first-order valence-corrected chi connectivity index (χ1v) is 9.92. The van der Waals surface area contributed by atoms with E-state index in [9.17, 15) is 9.59 Å². The zero-order valence-corrected chi connectivity index (χ0v) is 14.9. The van der Waals surface area contributed by atoms with E-state index in [1.165, 1.54) is 25.7 Å². The number of hydrogen-bond donors (Lipinski definition) is 1. The van der Waals surface area contributed by atoms with E-state index in [0.717, 1.165) is 57.3 Å². The Bertz CT molecular complexity index is 497. The Morgan fingerprint density at radius 1 is 1.04 bits per heavy atom. The van der Waals surface area contributed by atoms with Crippen LogP contribution in [0.1, 0.15) is 51.9 Å². The highest BCUT2D eigenvalue weighted by Gasteiger charge is 2.41. The van der Waals surface area contributed by atoms with Crippen LogP contribution in [0.2, 0.25) is 0 Å². The van der Waals surface area contributed by atoms with Gasteiger partial charge in [0.2, 0.25) is 11.8 Å². The van der Waals surface area contributed by atoms with Crippen LogP contribution in [0.25, 0.3) is 0 Å². The van der Waals surface area contributed by atoms with Crippen molar-refractivity contribution < 1.29 is 9.59 Å². The molecule has 4 atom stereocenters.